The number of rotatable bonds is 5. The van der Waals surface area contributed by atoms with Crippen LogP contribution in [0.15, 0.2) is 48.5 Å². The van der Waals surface area contributed by atoms with Crippen molar-refractivity contribution in [2.45, 2.75) is 57.1 Å². The van der Waals surface area contributed by atoms with Crippen molar-refractivity contribution in [3.63, 3.8) is 0 Å². The predicted molar refractivity (Wildman–Crippen MR) is 123 cm³/mol. The molecule has 1 atom stereocenters. The Morgan fingerprint density at radius 3 is 2.62 bits per heavy atom. The van der Waals surface area contributed by atoms with Crippen molar-refractivity contribution in [1.29, 1.82) is 0 Å². The van der Waals surface area contributed by atoms with Gasteiger partial charge in [0.25, 0.3) is 5.91 Å². The summed E-state index contributed by atoms with van der Waals surface area (Å²) in [6.45, 7) is 5.21. The Bertz CT molecular complexity index is 979. The van der Waals surface area contributed by atoms with Crippen molar-refractivity contribution in [2.75, 3.05) is 20.2 Å². The maximum absolute atomic E-state index is 13.0. The van der Waals surface area contributed by atoms with Crippen LogP contribution >= 0.6 is 0 Å². The molecule has 170 valence electrons. The van der Waals surface area contributed by atoms with Crippen LogP contribution in [0, 0.1) is 0 Å². The van der Waals surface area contributed by atoms with Gasteiger partial charge in [0.15, 0.2) is 0 Å². The summed E-state index contributed by atoms with van der Waals surface area (Å²) >= 11 is 0. The summed E-state index contributed by atoms with van der Waals surface area (Å²) in [5.74, 6) is 1.75. The van der Waals surface area contributed by atoms with Crippen LogP contribution < -0.4 is 14.8 Å². The van der Waals surface area contributed by atoms with E-state index >= 15 is 0 Å². The Morgan fingerprint density at radius 1 is 1.16 bits per heavy atom. The van der Waals surface area contributed by atoms with Crippen molar-refractivity contribution in [1.82, 2.24) is 10.2 Å². The van der Waals surface area contributed by atoms with Gasteiger partial charge in [-0.25, -0.2) is 0 Å². The second-order valence-electron chi connectivity index (χ2n) is 9.17. The van der Waals surface area contributed by atoms with Crippen LogP contribution in [0.1, 0.15) is 61.4 Å². The van der Waals surface area contributed by atoms with Gasteiger partial charge in [-0.05, 0) is 50.1 Å². The van der Waals surface area contributed by atoms with E-state index in [1.807, 2.05) is 55.1 Å². The Balaban J connectivity index is 1.47. The number of piperidine rings is 1. The number of hydrogen-bond donors (Lipinski definition) is 1. The zero-order valence-corrected chi connectivity index (χ0v) is 19.1. The fourth-order valence-electron chi connectivity index (χ4n) is 4.89. The van der Waals surface area contributed by atoms with Crippen LogP contribution in [-0.2, 0) is 4.79 Å². The molecule has 0 radical (unpaired) electrons. The first-order valence-corrected chi connectivity index (χ1v) is 11.4. The number of nitrogens with zero attached hydrogens (tertiary/aromatic N) is 1. The molecule has 0 bridgehead atoms. The number of hydrogen-bond acceptors (Lipinski definition) is 4. The van der Waals surface area contributed by atoms with Gasteiger partial charge in [-0.15, -0.1) is 0 Å². The molecule has 6 nitrogen and oxygen atoms in total. The number of fused-ring (bicyclic) bond motifs is 1. The molecule has 2 aliphatic rings. The molecule has 1 saturated heterocycles. The zero-order chi connectivity index (χ0) is 22.7. The van der Waals surface area contributed by atoms with E-state index in [1.54, 1.807) is 13.2 Å². The van der Waals surface area contributed by atoms with Gasteiger partial charge in [0.2, 0.25) is 5.91 Å². The molecule has 0 aromatic heterocycles. The largest absolute Gasteiger partial charge is 0.497 e. The quantitative estimate of drug-likeness (QED) is 0.765. The minimum absolute atomic E-state index is 0.0165. The number of carbonyl (C=O) groups is 2. The number of para-hydroxylation sites is 1. The van der Waals surface area contributed by atoms with Crippen LogP contribution in [0.2, 0.25) is 0 Å². The second-order valence-corrected chi connectivity index (χ2v) is 9.17. The van der Waals surface area contributed by atoms with Crippen molar-refractivity contribution >= 4 is 11.8 Å². The highest BCUT2D eigenvalue weighted by Crippen LogP contribution is 2.46. The Kier molecular flexibility index (Phi) is 6.40. The average molecular weight is 437 g/mol. The highest BCUT2D eigenvalue weighted by atomic mass is 16.5. The standard InChI is InChI=1S/C26H32N2O4/c1-18(2)27-24(29)16-20-17-26(32-23-10-5-4-9-22(20)23)11-13-28(14-12-26)25(30)19-7-6-8-21(15-19)31-3/h4-10,15,18,20H,11-14,16-17H2,1-3H3,(H,27,29)/t20-/m1/s1. The fraction of sp³-hybridized carbons (Fsp3) is 0.462. The molecule has 2 aliphatic heterocycles. The van der Waals surface area contributed by atoms with E-state index in [4.69, 9.17) is 9.47 Å². The second kappa shape index (κ2) is 9.23. The van der Waals surface area contributed by atoms with Crippen molar-refractivity contribution in [3.8, 4) is 11.5 Å². The molecule has 0 unspecified atom stereocenters. The lowest BCUT2D eigenvalue weighted by Crippen LogP contribution is -2.52. The number of nitrogens with one attached hydrogen (secondary N) is 1. The van der Waals surface area contributed by atoms with E-state index < -0.39 is 0 Å². The van der Waals surface area contributed by atoms with Crippen molar-refractivity contribution in [2.24, 2.45) is 0 Å². The van der Waals surface area contributed by atoms with Crippen molar-refractivity contribution in [3.05, 3.63) is 59.7 Å². The lowest BCUT2D eigenvalue weighted by atomic mass is 9.76. The van der Waals surface area contributed by atoms with Gasteiger partial charge < -0.3 is 19.7 Å². The first-order valence-electron chi connectivity index (χ1n) is 11.4. The van der Waals surface area contributed by atoms with Gasteiger partial charge in [0.05, 0.1) is 7.11 Å². The molecule has 0 saturated carbocycles. The summed E-state index contributed by atoms with van der Waals surface area (Å²) < 4.78 is 11.8. The van der Waals surface area contributed by atoms with Gasteiger partial charge in [0, 0.05) is 49.9 Å². The van der Waals surface area contributed by atoms with Gasteiger partial charge in [-0.1, -0.05) is 24.3 Å². The SMILES string of the molecule is COc1cccc(C(=O)N2CCC3(CC2)C[C@@H](CC(=O)NC(C)C)c2ccccc2O3)c1. The molecule has 2 amide bonds. The lowest BCUT2D eigenvalue weighted by molar-refractivity contribution is -0.122. The molecule has 0 aliphatic carbocycles. The molecular formula is C26H32N2O4. The van der Waals surface area contributed by atoms with Gasteiger partial charge in [-0.2, -0.15) is 0 Å². The van der Waals surface area contributed by atoms with E-state index in [2.05, 4.69) is 11.4 Å². The Morgan fingerprint density at radius 2 is 1.91 bits per heavy atom. The summed E-state index contributed by atoms with van der Waals surface area (Å²) in [5, 5.41) is 3.02. The van der Waals surface area contributed by atoms with E-state index in [0.717, 1.165) is 30.6 Å². The normalized spacial score (nSPS) is 19.2. The molecule has 1 spiro atoms. The molecule has 6 heteroatoms. The van der Waals surface area contributed by atoms with E-state index in [-0.39, 0.29) is 29.4 Å². The first-order chi connectivity index (χ1) is 15.4. The van der Waals surface area contributed by atoms with Gasteiger partial charge in [-0.3, -0.25) is 9.59 Å². The lowest BCUT2D eigenvalue weighted by Gasteiger charge is -2.47. The fourth-order valence-corrected chi connectivity index (χ4v) is 4.89. The minimum atomic E-state index is -0.345. The summed E-state index contributed by atoms with van der Waals surface area (Å²) in [4.78, 5) is 27.5. The summed E-state index contributed by atoms with van der Waals surface area (Å²) in [7, 11) is 1.60. The van der Waals surface area contributed by atoms with Crippen LogP contribution in [0.25, 0.3) is 0 Å². The van der Waals surface area contributed by atoms with E-state index in [9.17, 15) is 9.59 Å². The van der Waals surface area contributed by atoms with Crippen LogP contribution in [0.5, 0.6) is 11.5 Å². The maximum atomic E-state index is 13.0. The maximum Gasteiger partial charge on any atom is 0.253 e. The third kappa shape index (κ3) is 4.74. The third-order valence-corrected chi connectivity index (χ3v) is 6.46. The number of methoxy groups -OCH3 is 1. The Hall–Kier alpha value is -3.02. The summed E-state index contributed by atoms with van der Waals surface area (Å²) in [5.41, 5.74) is 1.40. The number of carbonyl (C=O) groups excluding carboxylic acids is 2. The van der Waals surface area contributed by atoms with Crippen molar-refractivity contribution < 1.29 is 19.1 Å². The topological polar surface area (TPSA) is 67.9 Å². The number of likely N-dealkylation sites (tertiary alicyclic amines) is 1. The average Bonchev–Trinajstić information content (AvgIpc) is 2.78. The first kappa shape index (κ1) is 22.2. The van der Waals surface area contributed by atoms with Crippen LogP contribution in [0.4, 0.5) is 0 Å². The molecule has 32 heavy (non-hydrogen) atoms. The predicted octanol–water partition coefficient (Wildman–Crippen LogP) is 4.15. The Labute approximate surface area is 189 Å². The highest BCUT2D eigenvalue weighted by Gasteiger charge is 2.44. The molecule has 2 aromatic rings. The number of benzene rings is 2. The smallest absolute Gasteiger partial charge is 0.253 e. The minimum Gasteiger partial charge on any atom is -0.497 e. The van der Waals surface area contributed by atoms with Gasteiger partial charge in [0.1, 0.15) is 17.1 Å². The molecule has 2 aromatic carbocycles. The number of ether oxygens (including phenoxy) is 2. The summed E-state index contributed by atoms with van der Waals surface area (Å²) in [6, 6.07) is 15.4. The zero-order valence-electron chi connectivity index (χ0n) is 19.1. The van der Waals surface area contributed by atoms with Crippen LogP contribution in [-0.4, -0.2) is 48.6 Å². The van der Waals surface area contributed by atoms with E-state index in [1.165, 1.54) is 0 Å². The van der Waals surface area contributed by atoms with E-state index in [0.29, 0.717) is 30.8 Å². The molecule has 4 rings (SSSR count). The molecule has 1 N–H and O–H groups in total. The van der Waals surface area contributed by atoms with Gasteiger partial charge >= 0.3 is 0 Å². The molecule has 1 fully saturated rings. The van der Waals surface area contributed by atoms with Crippen LogP contribution in [0.3, 0.4) is 0 Å². The highest BCUT2D eigenvalue weighted by molar-refractivity contribution is 5.94. The monoisotopic (exact) mass is 436 g/mol. The number of amides is 2. The molecule has 2 heterocycles. The third-order valence-electron chi connectivity index (χ3n) is 6.46. The molecular weight excluding hydrogens is 404 g/mol. The summed E-state index contributed by atoms with van der Waals surface area (Å²) in [6.07, 6.45) is 2.74.